The third-order valence-corrected chi connectivity index (χ3v) is 6.04. The highest BCUT2D eigenvalue weighted by atomic mass is 19.1. The number of esters is 1. The molecular weight excluding hydrogens is 393 g/mol. The van der Waals surface area contributed by atoms with Gasteiger partial charge in [-0.05, 0) is 42.7 Å². The van der Waals surface area contributed by atoms with E-state index in [4.69, 9.17) is 14.5 Å². The molecule has 5 heteroatoms. The molecule has 158 valence electrons. The minimum atomic E-state index is -0.342. The number of pyridine rings is 1. The number of para-hydroxylation sites is 1. The summed E-state index contributed by atoms with van der Waals surface area (Å²) >= 11 is 0. The fourth-order valence-electron chi connectivity index (χ4n) is 4.30. The van der Waals surface area contributed by atoms with Gasteiger partial charge in [0.05, 0.1) is 23.7 Å². The first-order valence-corrected chi connectivity index (χ1v) is 10.7. The Hall–Kier alpha value is -3.05. The van der Waals surface area contributed by atoms with Crippen molar-refractivity contribution in [1.29, 1.82) is 0 Å². The fourth-order valence-corrected chi connectivity index (χ4v) is 4.30. The van der Waals surface area contributed by atoms with E-state index in [9.17, 15) is 9.18 Å². The van der Waals surface area contributed by atoms with Crippen molar-refractivity contribution in [2.75, 3.05) is 7.11 Å². The highest BCUT2D eigenvalue weighted by molar-refractivity contribution is 5.99. The molecule has 4 nitrogen and oxygen atoms in total. The van der Waals surface area contributed by atoms with E-state index in [-0.39, 0.29) is 30.4 Å². The van der Waals surface area contributed by atoms with Crippen LogP contribution < -0.4 is 0 Å². The standard InChI is InChI=1S/C26H24FNO3/c1-30-20-14-19(31-24(29)15-20)12-13-22-25(16-8-10-18(27)11-9-16)21-4-2-3-5-23(21)28-26(22)17-6-7-17/h2-5,8-13,17,19-20H,6-7,14-15H2,1H3/b13-12+/t19?,20-/m0/s1. The number of methoxy groups -OCH3 is 1. The molecule has 2 heterocycles. The zero-order valence-electron chi connectivity index (χ0n) is 17.4. The monoisotopic (exact) mass is 417 g/mol. The molecule has 1 unspecified atom stereocenters. The third kappa shape index (κ3) is 4.10. The summed E-state index contributed by atoms with van der Waals surface area (Å²) in [6.45, 7) is 0. The molecule has 1 saturated heterocycles. The molecule has 5 rings (SSSR count). The minimum Gasteiger partial charge on any atom is -0.458 e. The number of cyclic esters (lactones) is 1. The van der Waals surface area contributed by atoms with E-state index in [0.29, 0.717) is 12.3 Å². The van der Waals surface area contributed by atoms with E-state index in [1.165, 1.54) is 12.1 Å². The van der Waals surface area contributed by atoms with Gasteiger partial charge >= 0.3 is 5.97 Å². The Balaban J connectivity index is 1.65. The largest absolute Gasteiger partial charge is 0.458 e. The molecule has 3 aromatic rings. The fraction of sp³-hybridized carbons (Fsp3) is 0.308. The lowest BCUT2D eigenvalue weighted by molar-refractivity contribution is -0.157. The zero-order valence-corrected chi connectivity index (χ0v) is 17.4. The molecule has 0 N–H and O–H groups in total. The van der Waals surface area contributed by atoms with Crippen LogP contribution in [-0.4, -0.2) is 30.3 Å². The zero-order chi connectivity index (χ0) is 21.4. The van der Waals surface area contributed by atoms with Crippen LogP contribution in [-0.2, 0) is 14.3 Å². The van der Waals surface area contributed by atoms with Crippen LogP contribution in [0.4, 0.5) is 4.39 Å². The summed E-state index contributed by atoms with van der Waals surface area (Å²) in [5, 5.41) is 1.02. The topological polar surface area (TPSA) is 48.4 Å². The van der Waals surface area contributed by atoms with Gasteiger partial charge in [-0.25, -0.2) is 4.39 Å². The maximum absolute atomic E-state index is 13.6. The number of ether oxygens (including phenoxy) is 2. The number of carbonyl (C=O) groups excluding carboxylic acids is 1. The van der Waals surface area contributed by atoms with E-state index in [0.717, 1.165) is 46.1 Å². The summed E-state index contributed by atoms with van der Waals surface area (Å²) in [5.74, 6) is -0.0870. The molecule has 1 saturated carbocycles. The lowest BCUT2D eigenvalue weighted by atomic mass is 9.92. The molecular formula is C26H24FNO3. The smallest absolute Gasteiger partial charge is 0.309 e. The Labute approximate surface area is 180 Å². The number of hydrogen-bond donors (Lipinski definition) is 0. The van der Waals surface area contributed by atoms with Gasteiger partial charge in [0.1, 0.15) is 11.9 Å². The van der Waals surface area contributed by atoms with E-state index in [1.54, 1.807) is 7.11 Å². The third-order valence-electron chi connectivity index (χ3n) is 6.04. The molecule has 0 spiro atoms. The number of rotatable bonds is 5. The van der Waals surface area contributed by atoms with Gasteiger partial charge in [-0.1, -0.05) is 36.4 Å². The Morgan fingerprint density at radius 3 is 2.65 bits per heavy atom. The Morgan fingerprint density at radius 2 is 1.90 bits per heavy atom. The summed E-state index contributed by atoms with van der Waals surface area (Å²) in [4.78, 5) is 16.9. The summed E-state index contributed by atoms with van der Waals surface area (Å²) in [6, 6.07) is 14.7. The lowest BCUT2D eigenvalue weighted by Gasteiger charge is -2.26. The maximum atomic E-state index is 13.6. The highest BCUT2D eigenvalue weighted by Gasteiger charge is 2.30. The van der Waals surface area contributed by atoms with Crippen molar-refractivity contribution < 1.29 is 18.7 Å². The predicted molar refractivity (Wildman–Crippen MR) is 118 cm³/mol. The van der Waals surface area contributed by atoms with Crippen LogP contribution in [0.25, 0.3) is 28.1 Å². The van der Waals surface area contributed by atoms with Crippen LogP contribution in [0, 0.1) is 5.82 Å². The van der Waals surface area contributed by atoms with Gasteiger partial charge in [0.2, 0.25) is 0 Å². The number of fused-ring (bicyclic) bond motifs is 1. The molecule has 31 heavy (non-hydrogen) atoms. The number of hydrogen-bond acceptors (Lipinski definition) is 4. The van der Waals surface area contributed by atoms with E-state index < -0.39 is 0 Å². The number of aromatic nitrogens is 1. The maximum Gasteiger partial charge on any atom is 0.309 e. The van der Waals surface area contributed by atoms with Gasteiger partial charge in [-0.2, -0.15) is 0 Å². The van der Waals surface area contributed by atoms with Crippen molar-refractivity contribution in [3.8, 4) is 11.1 Å². The second kappa shape index (κ2) is 8.23. The lowest BCUT2D eigenvalue weighted by Crippen LogP contribution is -2.32. The van der Waals surface area contributed by atoms with E-state index in [1.807, 2.05) is 42.5 Å². The molecule has 2 aromatic carbocycles. The normalized spacial score (nSPS) is 21.5. The van der Waals surface area contributed by atoms with Gasteiger partial charge < -0.3 is 9.47 Å². The van der Waals surface area contributed by atoms with Crippen LogP contribution in [0.1, 0.15) is 42.9 Å². The van der Waals surface area contributed by atoms with Crippen LogP contribution in [0.5, 0.6) is 0 Å². The molecule has 1 aromatic heterocycles. The Morgan fingerprint density at radius 1 is 1.13 bits per heavy atom. The van der Waals surface area contributed by atoms with Crippen LogP contribution >= 0.6 is 0 Å². The van der Waals surface area contributed by atoms with Crippen molar-refractivity contribution in [3.05, 3.63) is 71.7 Å². The molecule has 1 aliphatic carbocycles. The molecule has 2 atom stereocenters. The Bertz CT molecular complexity index is 1150. The van der Waals surface area contributed by atoms with E-state index in [2.05, 4.69) is 6.07 Å². The van der Waals surface area contributed by atoms with Gasteiger partial charge in [0.25, 0.3) is 0 Å². The van der Waals surface area contributed by atoms with Gasteiger partial charge in [0, 0.05) is 36.0 Å². The molecule has 0 bridgehead atoms. The van der Waals surface area contributed by atoms with Crippen molar-refractivity contribution in [2.24, 2.45) is 0 Å². The molecule has 0 radical (unpaired) electrons. The van der Waals surface area contributed by atoms with Crippen LogP contribution in [0.15, 0.2) is 54.6 Å². The quantitative estimate of drug-likeness (QED) is 0.503. The van der Waals surface area contributed by atoms with Gasteiger partial charge in [-0.3, -0.25) is 9.78 Å². The predicted octanol–water partition coefficient (Wildman–Crippen LogP) is 5.65. The summed E-state index contributed by atoms with van der Waals surface area (Å²) in [7, 11) is 1.62. The highest BCUT2D eigenvalue weighted by Crippen LogP contribution is 2.45. The first-order valence-electron chi connectivity index (χ1n) is 10.7. The minimum absolute atomic E-state index is 0.134. The first-order chi connectivity index (χ1) is 15.1. The van der Waals surface area contributed by atoms with E-state index >= 15 is 0 Å². The summed E-state index contributed by atoms with van der Waals surface area (Å²) in [5.41, 5.74) is 4.98. The number of halogens is 1. The first kappa shape index (κ1) is 19.9. The molecule has 1 aliphatic heterocycles. The number of benzene rings is 2. The van der Waals surface area contributed by atoms with Crippen LogP contribution in [0.3, 0.4) is 0 Å². The van der Waals surface area contributed by atoms with Gasteiger partial charge in [0.15, 0.2) is 0 Å². The molecule has 2 aliphatic rings. The SMILES string of the molecule is CO[C@@H]1CC(=O)OC(/C=C/c2c(C3CC3)nc3ccccc3c2-c2ccc(F)cc2)C1. The van der Waals surface area contributed by atoms with Crippen molar-refractivity contribution in [3.63, 3.8) is 0 Å². The average Bonchev–Trinajstić information content (AvgIpc) is 3.62. The summed E-state index contributed by atoms with van der Waals surface area (Å²) in [6.07, 6.45) is 6.63. The molecule has 0 amide bonds. The number of carbonyl (C=O) groups is 1. The molecule has 2 fully saturated rings. The average molecular weight is 417 g/mol. The van der Waals surface area contributed by atoms with Crippen molar-refractivity contribution >= 4 is 22.9 Å². The second-order valence-electron chi connectivity index (χ2n) is 8.27. The van der Waals surface area contributed by atoms with Crippen molar-refractivity contribution in [1.82, 2.24) is 4.98 Å². The van der Waals surface area contributed by atoms with Gasteiger partial charge in [-0.15, -0.1) is 0 Å². The summed E-state index contributed by atoms with van der Waals surface area (Å²) < 4.78 is 24.6. The van der Waals surface area contributed by atoms with Crippen molar-refractivity contribution in [2.45, 2.75) is 43.8 Å². The number of nitrogens with zero attached hydrogens (tertiary/aromatic N) is 1. The second-order valence-corrected chi connectivity index (χ2v) is 8.27. The van der Waals surface area contributed by atoms with Crippen LogP contribution in [0.2, 0.25) is 0 Å². The Kier molecular flexibility index (Phi) is 5.28.